The molecule has 24 heavy (non-hydrogen) atoms. The van der Waals surface area contributed by atoms with Gasteiger partial charge in [-0.1, -0.05) is 36.4 Å². The van der Waals surface area contributed by atoms with E-state index < -0.39 is 5.97 Å². The van der Waals surface area contributed by atoms with Gasteiger partial charge >= 0.3 is 5.97 Å². The maximum Gasteiger partial charge on any atom is 0.335 e. The van der Waals surface area contributed by atoms with Gasteiger partial charge in [-0.05, 0) is 48.2 Å². The Kier molecular flexibility index (Phi) is 5.28. The van der Waals surface area contributed by atoms with Crippen molar-refractivity contribution >= 4 is 5.97 Å². The zero-order valence-corrected chi connectivity index (χ0v) is 13.9. The normalized spacial score (nSPS) is 18.0. The summed E-state index contributed by atoms with van der Waals surface area (Å²) in [5, 5.41) is 9.33. The van der Waals surface area contributed by atoms with Gasteiger partial charge in [0.15, 0.2) is 0 Å². The fraction of sp³-hybridized carbons (Fsp3) is 0.350. The van der Waals surface area contributed by atoms with E-state index in [2.05, 4.69) is 17.0 Å². The van der Waals surface area contributed by atoms with Crippen LogP contribution in [0, 0.1) is 0 Å². The molecule has 1 fully saturated rings. The van der Waals surface area contributed by atoms with Crippen molar-refractivity contribution in [1.82, 2.24) is 4.90 Å². The number of nitrogens with zero attached hydrogens (tertiary/aromatic N) is 1. The van der Waals surface area contributed by atoms with E-state index in [4.69, 9.17) is 4.74 Å². The fourth-order valence-electron chi connectivity index (χ4n) is 3.46. The smallest absolute Gasteiger partial charge is 0.335 e. The van der Waals surface area contributed by atoms with Crippen molar-refractivity contribution in [3.05, 3.63) is 59.7 Å². The molecule has 0 aromatic heterocycles. The van der Waals surface area contributed by atoms with Crippen molar-refractivity contribution < 1.29 is 14.6 Å². The predicted octanol–water partition coefficient (Wildman–Crippen LogP) is 3.66. The summed E-state index contributed by atoms with van der Waals surface area (Å²) in [7, 11) is 1.73. The van der Waals surface area contributed by atoms with Gasteiger partial charge in [-0.25, -0.2) is 4.79 Å². The van der Waals surface area contributed by atoms with E-state index in [-0.39, 0.29) is 0 Å². The number of hydrogen-bond acceptors (Lipinski definition) is 3. The van der Waals surface area contributed by atoms with Crippen LogP contribution in [0.25, 0.3) is 11.1 Å². The van der Waals surface area contributed by atoms with Crippen molar-refractivity contribution in [2.45, 2.75) is 25.4 Å². The van der Waals surface area contributed by atoms with Crippen LogP contribution >= 0.6 is 0 Å². The van der Waals surface area contributed by atoms with Crippen LogP contribution in [0.3, 0.4) is 0 Å². The molecule has 0 radical (unpaired) electrons. The molecule has 4 heteroatoms. The average Bonchev–Trinajstić information content (AvgIpc) is 3.03. The van der Waals surface area contributed by atoms with Crippen LogP contribution in [0.2, 0.25) is 0 Å². The zero-order valence-electron chi connectivity index (χ0n) is 13.9. The minimum absolute atomic E-state index is 0.340. The highest BCUT2D eigenvalue weighted by Crippen LogP contribution is 2.28. The van der Waals surface area contributed by atoms with E-state index in [1.807, 2.05) is 30.3 Å². The first-order chi connectivity index (χ1) is 11.7. The second kappa shape index (κ2) is 7.60. The predicted molar refractivity (Wildman–Crippen MR) is 94.1 cm³/mol. The lowest BCUT2D eigenvalue weighted by atomic mass is 9.97. The van der Waals surface area contributed by atoms with E-state index in [0.717, 1.165) is 49.2 Å². The highest BCUT2D eigenvalue weighted by molar-refractivity contribution is 5.89. The standard InChI is InChI=1S/C20H23NO3/c1-24-14-18-8-5-11-21(18)13-17-12-16(20(22)23)9-10-19(17)15-6-3-2-4-7-15/h2-4,6-7,9-10,12,18H,5,8,11,13-14H2,1H3,(H,22,23). The summed E-state index contributed by atoms with van der Waals surface area (Å²) >= 11 is 0. The van der Waals surface area contributed by atoms with Crippen LogP contribution in [0.1, 0.15) is 28.8 Å². The maximum absolute atomic E-state index is 11.4. The van der Waals surface area contributed by atoms with Gasteiger partial charge in [0.05, 0.1) is 12.2 Å². The van der Waals surface area contributed by atoms with Gasteiger partial charge in [0.1, 0.15) is 0 Å². The van der Waals surface area contributed by atoms with Gasteiger partial charge in [-0.15, -0.1) is 0 Å². The quantitative estimate of drug-likeness (QED) is 0.880. The Hall–Kier alpha value is -2.17. The number of hydrogen-bond donors (Lipinski definition) is 1. The maximum atomic E-state index is 11.4. The molecule has 1 atom stereocenters. The molecule has 1 unspecified atom stereocenters. The number of benzene rings is 2. The van der Waals surface area contributed by atoms with E-state index >= 15 is 0 Å². The molecule has 4 nitrogen and oxygen atoms in total. The number of likely N-dealkylation sites (tertiary alicyclic amines) is 1. The molecule has 1 aliphatic rings. The Morgan fingerprint density at radius 1 is 1.25 bits per heavy atom. The third-order valence-electron chi connectivity index (χ3n) is 4.67. The molecule has 1 aliphatic heterocycles. The summed E-state index contributed by atoms with van der Waals surface area (Å²) in [6.07, 6.45) is 2.29. The first kappa shape index (κ1) is 16.7. The second-order valence-corrected chi connectivity index (χ2v) is 6.26. The average molecular weight is 325 g/mol. The van der Waals surface area contributed by atoms with Crippen LogP contribution in [0.5, 0.6) is 0 Å². The molecule has 126 valence electrons. The number of methoxy groups -OCH3 is 1. The molecule has 0 spiro atoms. The number of carbonyl (C=O) groups is 1. The number of aromatic carboxylic acids is 1. The van der Waals surface area contributed by atoms with Gasteiger partial charge in [0.25, 0.3) is 0 Å². The number of carboxylic acid groups (broad SMARTS) is 1. The number of rotatable bonds is 6. The van der Waals surface area contributed by atoms with Crippen LogP contribution in [-0.4, -0.2) is 42.3 Å². The SMILES string of the molecule is COCC1CCCN1Cc1cc(C(=O)O)ccc1-c1ccccc1. The van der Waals surface area contributed by atoms with Gasteiger partial charge in [0, 0.05) is 19.7 Å². The first-order valence-electron chi connectivity index (χ1n) is 8.33. The monoisotopic (exact) mass is 325 g/mol. The summed E-state index contributed by atoms with van der Waals surface area (Å²) in [5.41, 5.74) is 3.62. The lowest BCUT2D eigenvalue weighted by Crippen LogP contribution is -2.32. The third-order valence-corrected chi connectivity index (χ3v) is 4.67. The van der Waals surface area contributed by atoms with Crippen molar-refractivity contribution in [1.29, 1.82) is 0 Å². The first-order valence-corrected chi connectivity index (χ1v) is 8.33. The molecule has 0 bridgehead atoms. The van der Waals surface area contributed by atoms with Gasteiger partial charge in [-0.2, -0.15) is 0 Å². The van der Waals surface area contributed by atoms with Crippen LogP contribution < -0.4 is 0 Å². The highest BCUT2D eigenvalue weighted by atomic mass is 16.5. The minimum atomic E-state index is -0.884. The molecule has 2 aromatic carbocycles. The van der Waals surface area contributed by atoms with E-state index in [9.17, 15) is 9.90 Å². The van der Waals surface area contributed by atoms with Crippen LogP contribution in [0.4, 0.5) is 0 Å². The summed E-state index contributed by atoms with van der Waals surface area (Å²) < 4.78 is 5.33. The zero-order chi connectivity index (χ0) is 16.9. The number of ether oxygens (including phenoxy) is 1. The van der Waals surface area contributed by atoms with Crippen molar-refractivity contribution in [2.75, 3.05) is 20.3 Å². The van der Waals surface area contributed by atoms with Gasteiger partial charge in [-0.3, -0.25) is 4.90 Å². The molecule has 1 N–H and O–H groups in total. The summed E-state index contributed by atoms with van der Waals surface area (Å²) in [6.45, 7) is 2.50. The van der Waals surface area contributed by atoms with Crippen LogP contribution in [0.15, 0.2) is 48.5 Å². The van der Waals surface area contributed by atoms with E-state index in [1.54, 1.807) is 13.2 Å². The van der Waals surface area contributed by atoms with Gasteiger partial charge < -0.3 is 9.84 Å². The minimum Gasteiger partial charge on any atom is -0.478 e. The van der Waals surface area contributed by atoms with Crippen LogP contribution in [-0.2, 0) is 11.3 Å². The summed E-state index contributed by atoms with van der Waals surface area (Å²) in [6, 6.07) is 16.0. The highest BCUT2D eigenvalue weighted by Gasteiger charge is 2.25. The lowest BCUT2D eigenvalue weighted by molar-refractivity contribution is 0.0696. The molecule has 1 heterocycles. The fourth-order valence-corrected chi connectivity index (χ4v) is 3.46. The van der Waals surface area contributed by atoms with E-state index in [1.165, 1.54) is 0 Å². The summed E-state index contributed by atoms with van der Waals surface area (Å²) in [4.78, 5) is 13.8. The van der Waals surface area contributed by atoms with Crippen molar-refractivity contribution in [2.24, 2.45) is 0 Å². The second-order valence-electron chi connectivity index (χ2n) is 6.26. The van der Waals surface area contributed by atoms with Crippen molar-refractivity contribution in [3.63, 3.8) is 0 Å². The molecule has 3 rings (SSSR count). The summed E-state index contributed by atoms with van der Waals surface area (Å²) in [5.74, 6) is -0.884. The number of carboxylic acids is 1. The Morgan fingerprint density at radius 2 is 2.04 bits per heavy atom. The topological polar surface area (TPSA) is 49.8 Å². The molecule has 2 aromatic rings. The molecular weight excluding hydrogens is 302 g/mol. The van der Waals surface area contributed by atoms with Gasteiger partial charge in [0.2, 0.25) is 0 Å². The van der Waals surface area contributed by atoms with E-state index in [0.29, 0.717) is 11.6 Å². The van der Waals surface area contributed by atoms with Crippen molar-refractivity contribution in [3.8, 4) is 11.1 Å². The molecule has 1 saturated heterocycles. The Labute approximate surface area is 142 Å². The molecule has 0 amide bonds. The molecular formula is C20H23NO3. The largest absolute Gasteiger partial charge is 0.478 e. The lowest BCUT2D eigenvalue weighted by Gasteiger charge is -2.25. The molecule has 0 aliphatic carbocycles. The Bertz CT molecular complexity index is 699. The third kappa shape index (κ3) is 3.66. The molecule has 0 saturated carbocycles. The Morgan fingerprint density at radius 3 is 2.75 bits per heavy atom. The Balaban J connectivity index is 1.94.